The van der Waals surface area contributed by atoms with Crippen molar-refractivity contribution in [2.24, 2.45) is 0 Å². The third-order valence-corrected chi connectivity index (χ3v) is 4.12. The van der Waals surface area contributed by atoms with E-state index in [4.69, 9.17) is 0 Å². The van der Waals surface area contributed by atoms with E-state index in [2.05, 4.69) is 41.0 Å². The topological polar surface area (TPSA) is 44.4 Å². The Labute approximate surface area is 124 Å². The number of benzene rings is 1. The fraction of sp³-hybridized carbons (Fsp3) is 0.400. The van der Waals surface area contributed by atoms with Crippen molar-refractivity contribution >= 4 is 17.7 Å². The Balaban J connectivity index is 1.61. The fourth-order valence-corrected chi connectivity index (χ4v) is 2.69. The van der Waals surface area contributed by atoms with Crippen molar-refractivity contribution < 1.29 is 4.79 Å². The largest absolute Gasteiger partial charge is 0.303 e. The lowest BCUT2D eigenvalue weighted by Gasteiger charge is -2.22. The van der Waals surface area contributed by atoms with Gasteiger partial charge in [0.1, 0.15) is 0 Å². The minimum atomic E-state index is 0.0192. The number of hydrogen-bond acceptors (Lipinski definition) is 4. The van der Waals surface area contributed by atoms with Gasteiger partial charge in [0.2, 0.25) is 5.91 Å². The number of thioether (sulfide) groups is 1. The average Bonchev–Trinajstić information content (AvgIpc) is 2.48. The van der Waals surface area contributed by atoms with Gasteiger partial charge in [-0.1, -0.05) is 30.3 Å². The molecule has 0 radical (unpaired) electrons. The maximum Gasteiger partial charge on any atom is 0.248 e. The van der Waals surface area contributed by atoms with E-state index < -0.39 is 0 Å². The van der Waals surface area contributed by atoms with Gasteiger partial charge in [0.25, 0.3) is 0 Å². The van der Waals surface area contributed by atoms with E-state index in [0.29, 0.717) is 5.75 Å². The number of carbonyl (C=O) groups is 1. The summed E-state index contributed by atoms with van der Waals surface area (Å²) in [5.74, 6) is 1.35. The van der Waals surface area contributed by atoms with Crippen LogP contribution in [0.5, 0.6) is 0 Å². The van der Waals surface area contributed by atoms with Crippen LogP contribution < -0.4 is 10.9 Å². The molecule has 0 bridgehead atoms. The van der Waals surface area contributed by atoms with Crippen molar-refractivity contribution in [2.45, 2.75) is 12.2 Å². The van der Waals surface area contributed by atoms with Gasteiger partial charge in [-0.15, -0.1) is 11.8 Å². The second kappa shape index (κ2) is 7.97. The molecule has 108 valence electrons. The Morgan fingerprint density at radius 3 is 2.85 bits per heavy atom. The zero-order valence-electron chi connectivity index (χ0n) is 11.8. The monoisotopic (exact) mass is 291 g/mol. The standard InChI is InChI=1S/C15H21N3OS/c1-18-9-7-14(8-10-18)16-17-15(19)12-20-11-13-5-3-2-4-6-13/h2-7,16H,8-12H2,1H3,(H,17,19). The lowest BCUT2D eigenvalue weighted by Crippen LogP contribution is -2.40. The van der Waals surface area contributed by atoms with Crippen molar-refractivity contribution in [1.29, 1.82) is 0 Å². The van der Waals surface area contributed by atoms with Crippen molar-refractivity contribution in [3.63, 3.8) is 0 Å². The first-order chi connectivity index (χ1) is 9.74. The predicted octanol–water partition coefficient (Wildman–Crippen LogP) is 1.76. The molecule has 20 heavy (non-hydrogen) atoms. The molecule has 0 aromatic heterocycles. The first-order valence-corrected chi connectivity index (χ1v) is 7.93. The molecule has 2 N–H and O–H groups in total. The number of nitrogens with zero attached hydrogens (tertiary/aromatic N) is 1. The first-order valence-electron chi connectivity index (χ1n) is 6.78. The van der Waals surface area contributed by atoms with Crippen LogP contribution in [0.1, 0.15) is 12.0 Å². The molecule has 0 saturated carbocycles. The van der Waals surface area contributed by atoms with Gasteiger partial charge >= 0.3 is 0 Å². The number of hydrogen-bond donors (Lipinski definition) is 2. The summed E-state index contributed by atoms with van der Waals surface area (Å²) < 4.78 is 0. The van der Waals surface area contributed by atoms with E-state index in [1.54, 1.807) is 11.8 Å². The lowest BCUT2D eigenvalue weighted by atomic mass is 10.2. The number of likely N-dealkylation sites (N-methyl/N-ethyl adjacent to an activating group) is 1. The van der Waals surface area contributed by atoms with Crippen LogP contribution >= 0.6 is 11.8 Å². The zero-order valence-corrected chi connectivity index (χ0v) is 12.6. The van der Waals surface area contributed by atoms with E-state index >= 15 is 0 Å². The van der Waals surface area contributed by atoms with Crippen molar-refractivity contribution in [1.82, 2.24) is 15.8 Å². The Kier molecular flexibility index (Phi) is 5.95. The molecule has 5 heteroatoms. The molecule has 1 aliphatic heterocycles. The highest BCUT2D eigenvalue weighted by atomic mass is 32.2. The Morgan fingerprint density at radius 1 is 1.35 bits per heavy atom. The van der Waals surface area contributed by atoms with Gasteiger partial charge in [0.15, 0.2) is 0 Å². The van der Waals surface area contributed by atoms with Crippen LogP contribution in [0.25, 0.3) is 0 Å². The molecule has 1 aliphatic rings. The summed E-state index contributed by atoms with van der Waals surface area (Å²) >= 11 is 1.62. The summed E-state index contributed by atoms with van der Waals surface area (Å²) in [6.07, 6.45) is 3.06. The Hall–Kier alpha value is -1.46. The van der Waals surface area contributed by atoms with Gasteiger partial charge in [-0.3, -0.25) is 10.2 Å². The molecular weight excluding hydrogens is 270 g/mol. The van der Waals surface area contributed by atoms with E-state index in [-0.39, 0.29) is 5.91 Å². The molecule has 0 spiro atoms. The summed E-state index contributed by atoms with van der Waals surface area (Å²) in [6, 6.07) is 10.2. The van der Waals surface area contributed by atoms with Crippen LogP contribution in [-0.2, 0) is 10.5 Å². The Bertz CT molecular complexity index is 461. The number of carbonyl (C=O) groups excluding carboxylic acids is 1. The van der Waals surface area contributed by atoms with Gasteiger partial charge < -0.3 is 10.3 Å². The SMILES string of the molecule is CN1CC=C(NNC(=O)CSCc2ccccc2)CC1. The average molecular weight is 291 g/mol. The van der Waals surface area contributed by atoms with Gasteiger partial charge in [-0.25, -0.2) is 0 Å². The van der Waals surface area contributed by atoms with Gasteiger partial charge in [-0.2, -0.15) is 0 Å². The van der Waals surface area contributed by atoms with Gasteiger partial charge in [0, 0.05) is 31.0 Å². The third-order valence-electron chi connectivity index (χ3n) is 3.12. The predicted molar refractivity (Wildman–Crippen MR) is 84.1 cm³/mol. The van der Waals surface area contributed by atoms with Crippen molar-refractivity contribution in [3.8, 4) is 0 Å². The number of hydrazine groups is 1. The summed E-state index contributed by atoms with van der Waals surface area (Å²) in [7, 11) is 2.09. The molecule has 0 fully saturated rings. The minimum absolute atomic E-state index is 0.0192. The molecule has 0 aliphatic carbocycles. The second-order valence-electron chi connectivity index (χ2n) is 4.89. The van der Waals surface area contributed by atoms with Gasteiger partial charge in [-0.05, 0) is 18.7 Å². The highest BCUT2D eigenvalue weighted by molar-refractivity contribution is 7.99. The zero-order chi connectivity index (χ0) is 14.2. The molecular formula is C15H21N3OS. The number of rotatable bonds is 6. The fourth-order valence-electron chi connectivity index (χ4n) is 1.91. The van der Waals surface area contributed by atoms with Crippen LogP contribution in [0.2, 0.25) is 0 Å². The molecule has 1 aromatic rings. The summed E-state index contributed by atoms with van der Waals surface area (Å²) in [4.78, 5) is 13.9. The highest BCUT2D eigenvalue weighted by Gasteiger charge is 2.08. The molecule has 4 nitrogen and oxygen atoms in total. The van der Waals surface area contributed by atoms with Gasteiger partial charge in [0.05, 0.1) is 5.75 Å². The maximum atomic E-state index is 11.7. The van der Waals surface area contributed by atoms with Crippen LogP contribution in [0.4, 0.5) is 0 Å². The van der Waals surface area contributed by atoms with Crippen LogP contribution in [0, 0.1) is 0 Å². The molecule has 0 atom stereocenters. The van der Waals surface area contributed by atoms with Crippen LogP contribution in [0.3, 0.4) is 0 Å². The first kappa shape index (κ1) is 14.9. The second-order valence-corrected chi connectivity index (χ2v) is 5.88. The van der Waals surface area contributed by atoms with Crippen molar-refractivity contribution in [2.75, 3.05) is 25.9 Å². The molecule has 0 unspecified atom stereocenters. The van der Waals surface area contributed by atoms with E-state index in [0.717, 1.165) is 31.0 Å². The number of amides is 1. The molecule has 1 amide bonds. The van der Waals surface area contributed by atoms with Crippen molar-refractivity contribution in [3.05, 3.63) is 47.7 Å². The summed E-state index contributed by atoms with van der Waals surface area (Å²) in [5.41, 5.74) is 8.12. The molecule has 2 rings (SSSR count). The molecule has 1 aromatic carbocycles. The third kappa shape index (κ3) is 5.27. The van der Waals surface area contributed by atoms with Crippen LogP contribution in [0.15, 0.2) is 42.1 Å². The summed E-state index contributed by atoms with van der Waals surface area (Å²) in [6.45, 7) is 1.96. The molecule has 0 saturated heterocycles. The van der Waals surface area contributed by atoms with E-state index in [9.17, 15) is 4.79 Å². The van der Waals surface area contributed by atoms with E-state index in [1.807, 2.05) is 18.2 Å². The summed E-state index contributed by atoms with van der Waals surface area (Å²) in [5, 5.41) is 0. The minimum Gasteiger partial charge on any atom is -0.303 e. The smallest absolute Gasteiger partial charge is 0.248 e. The number of nitrogens with one attached hydrogen (secondary N) is 2. The van der Waals surface area contributed by atoms with E-state index in [1.165, 1.54) is 5.56 Å². The molecule has 1 heterocycles. The maximum absolute atomic E-state index is 11.7. The Morgan fingerprint density at radius 2 is 2.15 bits per heavy atom. The highest BCUT2D eigenvalue weighted by Crippen LogP contribution is 2.11. The quantitative estimate of drug-likeness (QED) is 0.784. The lowest BCUT2D eigenvalue weighted by molar-refractivity contribution is -0.119. The normalized spacial score (nSPS) is 15.6. The van der Waals surface area contributed by atoms with Crippen LogP contribution in [-0.4, -0.2) is 36.7 Å².